The standard InChI is InChI=1S/C21H16F3N3O4S/c1-11-3-4-15-13(7-11)12(5-6-25-15)9-26-10-17(28)27(21(26)29)16-8-14(22)20(32(2,30)31)19(24)18(16)23/h3-8H,9-10H2,1-2H3. The lowest BCUT2D eigenvalue weighted by molar-refractivity contribution is -0.116. The number of nitrogens with zero attached hydrogens (tertiary/aromatic N) is 3. The molecule has 1 fully saturated rings. The third kappa shape index (κ3) is 3.58. The van der Waals surface area contributed by atoms with Crippen molar-refractivity contribution in [1.29, 1.82) is 0 Å². The number of benzene rings is 2. The molecule has 2 heterocycles. The topological polar surface area (TPSA) is 87.7 Å². The first kappa shape index (κ1) is 21.8. The number of amides is 3. The molecule has 3 amide bonds. The van der Waals surface area contributed by atoms with Crippen LogP contribution >= 0.6 is 0 Å². The van der Waals surface area contributed by atoms with E-state index in [4.69, 9.17) is 0 Å². The molecule has 0 saturated carbocycles. The molecule has 0 N–H and O–H groups in total. The Hall–Kier alpha value is -3.47. The highest BCUT2D eigenvalue weighted by atomic mass is 32.2. The van der Waals surface area contributed by atoms with E-state index in [9.17, 15) is 31.2 Å². The van der Waals surface area contributed by atoms with Crippen LogP contribution in [0.1, 0.15) is 11.1 Å². The monoisotopic (exact) mass is 463 g/mol. The van der Waals surface area contributed by atoms with Crippen LogP contribution in [0, 0.1) is 24.4 Å². The largest absolute Gasteiger partial charge is 0.332 e. The molecule has 166 valence electrons. The fourth-order valence-corrected chi connectivity index (χ4v) is 4.47. The summed E-state index contributed by atoms with van der Waals surface area (Å²) in [4.78, 5) is 29.5. The summed E-state index contributed by atoms with van der Waals surface area (Å²) >= 11 is 0. The predicted octanol–water partition coefficient (Wildman–Crippen LogP) is 3.33. The van der Waals surface area contributed by atoms with Crippen molar-refractivity contribution in [3.05, 3.63) is 65.1 Å². The molecule has 0 spiro atoms. The number of pyridine rings is 1. The number of sulfone groups is 1. The van der Waals surface area contributed by atoms with Gasteiger partial charge in [0.25, 0.3) is 5.91 Å². The van der Waals surface area contributed by atoms with E-state index in [0.29, 0.717) is 28.3 Å². The molecule has 1 saturated heterocycles. The second-order valence-electron chi connectivity index (χ2n) is 7.47. The Balaban J connectivity index is 1.72. The molecule has 0 atom stereocenters. The molecule has 0 radical (unpaired) electrons. The van der Waals surface area contributed by atoms with Gasteiger partial charge in [-0.05, 0) is 30.7 Å². The van der Waals surface area contributed by atoms with E-state index in [1.807, 2.05) is 25.1 Å². The molecule has 1 aliphatic rings. The average Bonchev–Trinajstić information content (AvgIpc) is 2.97. The molecule has 11 heteroatoms. The summed E-state index contributed by atoms with van der Waals surface area (Å²) in [6.45, 7) is 1.40. The second kappa shape index (κ2) is 7.59. The highest BCUT2D eigenvalue weighted by molar-refractivity contribution is 7.90. The first-order valence-corrected chi connectivity index (χ1v) is 11.2. The van der Waals surface area contributed by atoms with Crippen molar-refractivity contribution < 1.29 is 31.2 Å². The maximum atomic E-state index is 14.6. The van der Waals surface area contributed by atoms with Crippen LogP contribution in [0.3, 0.4) is 0 Å². The smallest absolute Gasteiger partial charge is 0.310 e. The van der Waals surface area contributed by atoms with Crippen LogP contribution in [0.5, 0.6) is 0 Å². The van der Waals surface area contributed by atoms with E-state index in [0.717, 1.165) is 15.8 Å². The van der Waals surface area contributed by atoms with Crippen LogP contribution in [-0.4, -0.2) is 43.0 Å². The van der Waals surface area contributed by atoms with Crippen LogP contribution in [0.15, 0.2) is 41.4 Å². The minimum atomic E-state index is -4.42. The van der Waals surface area contributed by atoms with E-state index < -0.39 is 56.4 Å². The fourth-order valence-electron chi connectivity index (χ4n) is 3.64. The summed E-state index contributed by atoms with van der Waals surface area (Å²) in [5, 5.41) is 0.756. The van der Waals surface area contributed by atoms with Gasteiger partial charge in [-0.3, -0.25) is 9.78 Å². The summed E-state index contributed by atoms with van der Waals surface area (Å²) in [6.07, 6.45) is 2.06. The molecule has 7 nitrogen and oxygen atoms in total. The summed E-state index contributed by atoms with van der Waals surface area (Å²) < 4.78 is 66.3. The number of urea groups is 1. The highest BCUT2D eigenvalue weighted by Gasteiger charge is 2.40. The van der Waals surface area contributed by atoms with Gasteiger partial charge < -0.3 is 4.90 Å². The number of fused-ring (bicyclic) bond motifs is 1. The van der Waals surface area contributed by atoms with Gasteiger partial charge in [0.05, 0.1) is 11.2 Å². The number of aryl methyl sites for hydroxylation is 1. The molecule has 4 rings (SSSR count). The predicted molar refractivity (Wildman–Crippen MR) is 109 cm³/mol. The van der Waals surface area contributed by atoms with Crippen LogP contribution in [0.4, 0.5) is 23.7 Å². The zero-order chi connectivity index (χ0) is 23.4. The number of carbonyl (C=O) groups excluding carboxylic acids is 2. The van der Waals surface area contributed by atoms with E-state index >= 15 is 0 Å². The summed E-state index contributed by atoms with van der Waals surface area (Å²) in [7, 11) is -4.42. The number of anilines is 1. The number of imide groups is 1. The lowest BCUT2D eigenvalue weighted by Crippen LogP contribution is -2.34. The molecule has 0 unspecified atom stereocenters. The van der Waals surface area contributed by atoms with E-state index in [1.54, 1.807) is 12.3 Å². The van der Waals surface area contributed by atoms with E-state index in [2.05, 4.69) is 4.98 Å². The number of rotatable bonds is 4. The summed E-state index contributed by atoms with van der Waals surface area (Å²) in [6, 6.07) is 6.56. The van der Waals surface area contributed by atoms with Gasteiger partial charge in [-0.1, -0.05) is 11.6 Å². The van der Waals surface area contributed by atoms with Gasteiger partial charge >= 0.3 is 6.03 Å². The van der Waals surface area contributed by atoms with Crippen molar-refractivity contribution in [1.82, 2.24) is 9.88 Å². The number of hydrogen-bond acceptors (Lipinski definition) is 5. The zero-order valence-electron chi connectivity index (χ0n) is 16.9. The summed E-state index contributed by atoms with van der Waals surface area (Å²) in [5.41, 5.74) is 1.32. The Morgan fingerprint density at radius 1 is 1.06 bits per heavy atom. The minimum Gasteiger partial charge on any atom is -0.310 e. The zero-order valence-corrected chi connectivity index (χ0v) is 17.7. The Bertz CT molecular complexity index is 1410. The van der Waals surface area contributed by atoms with Crippen molar-refractivity contribution in [2.45, 2.75) is 18.4 Å². The molecule has 0 bridgehead atoms. The highest BCUT2D eigenvalue weighted by Crippen LogP contribution is 2.32. The molecule has 0 aliphatic carbocycles. The van der Waals surface area contributed by atoms with Gasteiger partial charge in [0.1, 0.15) is 17.3 Å². The van der Waals surface area contributed by atoms with Gasteiger partial charge in [0.15, 0.2) is 21.5 Å². The lowest BCUT2D eigenvalue weighted by atomic mass is 10.1. The Labute approximate surface area is 181 Å². The Kier molecular flexibility index (Phi) is 5.16. The lowest BCUT2D eigenvalue weighted by Gasteiger charge is -2.19. The maximum Gasteiger partial charge on any atom is 0.332 e. The SMILES string of the molecule is Cc1ccc2nccc(CN3CC(=O)N(c4cc(F)c(S(C)(=O)=O)c(F)c4F)C3=O)c2c1. The van der Waals surface area contributed by atoms with Crippen LogP contribution in [0.25, 0.3) is 10.9 Å². The van der Waals surface area contributed by atoms with Crippen molar-refractivity contribution >= 4 is 38.4 Å². The van der Waals surface area contributed by atoms with Crippen molar-refractivity contribution in [2.24, 2.45) is 0 Å². The molecule has 2 aromatic carbocycles. The average molecular weight is 463 g/mol. The van der Waals surface area contributed by atoms with Gasteiger partial charge in [-0.25, -0.2) is 31.3 Å². The first-order valence-electron chi connectivity index (χ1n) is 9.32. The van der Waals surface area contributed by atoms with Crippen molar-refractivity contribution in [2.75, 3.05) is 17.7 Å². The van der Waals surface area contributed by atoms with Crippen molar-refractivity contribution in [3.63, 3.8) is 0 Å². The first-order chi connectivity index (χ1) is 15.0. The van der Waals surface area contributed by atoms with Gasteiger partial charge in [0.2, 0.25) is 0 Å². The van der Waals surface area contributed by atoms with Crippen LogP contribution < -0.4 is 4.90 Å². The normalized spacial score (nSPS) is 14.7. The molecule has 1 aliphatic heterocycles. The number of halogens is 3. The fraction of sp³-hybridized carbons (Fsp3) is 0.190. The number of hydrogen-bond donors (Lipinski definition) is 0. The minimum absolute atomic E-state index is 0.0302. The molecular weight excluding hydrogens is 447 g/mol. The summed E-state index contributed by atoms with van der Waals surface area (Å²) in [5.74, 6) is -6.30. The second-order valence-corrected chi connectivity index (χ2v) is 9.42. The maximum absolute atomic E-state index is 14.6. The van der Waals surface area contributed by atoms with Gasteiger partial charge in [-0.2, -0.15) is 0 Å². The van der Waals surface area contributed by atoms with Gasteiger partial charge in [0, 0.05) is 30.4 Å². The van der Waals surface area contributed by atoms with E-state index in [1.165, 1.54) is 0 Å². The molecular formula is C21H16F3N3O4S. The van der Waals surface area contributed by atoms with E-state index in [-0.39, 0.29) is 6.54 Å². The van der Waals surface area contributed by atoms with Crippen LogP contribution in [0.2, 0.25) is 0 Å². The Morgan fingerprint density at radius 3 is 2.47 bits per heavy atom. The molecule has 32 heavy (non-hydrogen) atoms. The number of carbonyl (C=O) groups is 2. The molecule has 3 aromatic rings. The number of aromatic nitrogens is 1. The van der Waals surface area contributed by atoms with Gasteiger partial charge in [-0.15, -0.1) is 0 Å². The Morgan fingerprint density at radius 2 is 1.78 bits per heavy atom. The third-order valence-electron chi connectivity index (χ3n) is 5.09. The van der Waals surface area contributed by atoms with Crippen LogP contribution in [-0.2, 0) is 21.2 Å². The quantitative estimate of drug-likeness (QED) is 0.438. The third-order valence-corrected chi connectivity index (χ3v) is 6.21. The van der Waals surface area contributed by atoms with Crippen molar-refractivity contribution in [3.8, 4) is 0 Å². The molecule has 1 aromatic heterocycles.